The first-order chi connectivity index (χ1) is 24.8. The van der Waals surface area contributed by atoms with Gasteiger partial charge in [0.2, 0.25) is 0 Å². The van der Waals surface area contributed by atoms with Gasteiger partial charge in [-0.1, -0.05) is 140 Å². The highest BCUT2D eigenvalue weighted by atomic mass is 14.6. The van der Waals surface area contributed by atoms with Gasteiger partial charge in [0.1, 0.15) is 0 Å². The molecule has 0 N–H and O–H groups in total. The van der Waals surface area contributed by atoms with Crippen molar-refractivity contribution < 1.29 is 0 Å². The molecule has 0 aliphatic heterocycles. The predicted octanol–water partition coefficient (Wildman–Crippen LogP) is 13.4. The quantitative estimate of drug-likeness (QED) is 0.165. The molecule has 4 saturated carbocycles. The van der Waals surface area contributed by atoms with E-state index < -0.39 is 0 Å². The first-order valence-corrected chi connectivity index (χ1v) is 18.9. The summed E-state index contributed by atoms with van der Waals surface area (Å²) in [5.74, 6) is 3.32. The third-order valence-electron chi connectivity index (χ3n) is 13.8. The highest BCUT2D eigenvalue weighted by molar-refractivity contribution is 6.27. The van der Waals surface area contributed by atoms with E-state index in [0.29, 0.717) is 0 Å². The first kappa shape index (κ1) is 27.6. The molecule has 0 unspecified atom stereocenters. The summed E-state index contributed by atoms with van der Waals surface area (Å²) in [4.78, 5) is 0. The van der Waals surface area contributed by atoms with Gasteiger partial charge in [0.15, 0.2) is 0 Å². The summed E-state index contributed by atoms with van der Waals surface area (Å²) in [6, 6.07) is 55.8. The maximum Gasteiger partial charge on any atom is 0.0272 e. The van der Waals surface area contributed by atoms with E-state index in [0.717, 1.165) is 23.7 Å². The van der Waals surface area contributed by atoms with Crippen LogP contribution in [0.3, 0.4) is 0 Å². The Kier molecular flexibility index (Phi) is 5.49. The molecule has 5 aliphatic carbocycles. The number of fused-ring (bicyclic) bond motifs is 7. The molecule has 0 heterocycles. The molecule has 0 nitrogen and oxygen atoms in total. The summed E-state index contributed by atoms with van der Waals surface area (Å²) in [6.07, 6.45) is 7.06. The molecule has 238 valence electrons. The van der Waals surface area contributed by atoms with Crippen LogP contribution in [0.1, 0.15) is 43.2 Å². The van der Waals surface area contributed by atoms with E-state index in [1.54, 1.807) is 11.1 Å². The van der Waals surface area contributed by atoms with Crippen molar-refractivity contribution in [1.82, 2.24) is 0 Å². The van der Waals surface area contributed by atoms with E-state index >= 15 is 0 Å². The maximum absolute atomic E-state index is 2.66. The van der Waals surface area contributed by atoms with Gasteiger partial charge in [-0.2, -0.15) is 0 Å². The zero-order valence-corrected chi connectivity index (χ0v) is 28.2. The molecule has 0 aromatic heterocycles. The van der Waals surface area contributed by atoms with E-state index in [-0.39, 0.29) is 5.41 Å². The van der Waals surface area contributed by atoms with Gasteiger partial charge in [-0.3, -0.25) is 0 Å². The molecule has 0 radical (unpaired) electrons. The Morgan fingerprint density at radius 1 is 0.340 bits per heavy atom. The van der Waals surface area contributed by atoms with Gasteiger partial charge in [-0.15, -0.1) is 0 Å². The number of hydrogen-bond acceptors (Lipinski definition) is 0. The third kappa shape index (κ3) is 3.42. The number of rotatable bonds is 2. The number of hydrogen-bond donors (Lipinski definition) is 0. The topological polar surface area (TPSA) is 0 Å². The van der Waals surface area contributed by atoms with Crippen LogP contribution in [0.2, 0.25) is 0 Å². The van der Waals surface area contributed by atoms with Crippen molar-refractivity contribution >= 4 is 43.1 Å². The summed E-state index contributed by atoms with van der Waals surface area (Å²) < 4.78 is 0. The van der Waals surface area contributed by atoms with Crippen molar-refractivity contribution in [1.29, 1.82) is 0 Å². The second-order valence-corrected chi connectivity index (χ2v) is 16.0. The van der Waals surface area contributed by atoms with Crippen molar-refractivity contribution in [3.05, 3.63) is 157 Å². The standard InChI is InChI=1S/C50H38/c1-3-15-36-32(12-1)14-11-22-38(36)46-39-17-5-7-19-41(39)47(42-20-8-6-18-40(42)46)49-37-16-4-2-13-33(37)29-45-48(49)43-21-9-10-23-44(43)50(45)34-25-30-24-31(27-34)28-35(50)26-30/h1-23,29-31,34-35H,24-28H2. The molecule has 1 spiro atoms. The molecular weight excluding hydrogens is 601 g/mol. The van der Waals surface area contributed by atoms with Gasteiger partial charge >= 0.3 is 0 Å². The summed E-state index contributed by atoms with van der Waals surface area (Å²) in [5.41, 5.74) is 11.9. The molecular formula is C50H38. The molecule has 0 heteroatoms. The molecule has 8 aromatic carbocycles. The highest BCUT2D eigenvalue weighted by Gasteiger charge is 2.62. The predicted molar refractivity (Wildman–Crippen MR) is 211 cm³/mol. The van der Waals surface area contributed by atoms with Crippen LogP contribution in [0.4, 0.5) is 0 Å². The van der Waals surface area contributed by atoms with Crippen molar-refractivity contribution in [2.24, 2.45) is 23.7 Å². The van der Waals surface area contributed by atoms with E-state index in [1.165, 1.54) is 109 Å². The monoisotopic (exact) mass is 638 g/mol. The van der Waals surface area contributed by atoms with Gasteiger partial charge in [0, 0.05) is 5.41 Å². The van der Waals surface area contributed by atoms with Crippen LogP contribution in [0, 0.1) is 23.7 Å². The number of benzene rings is 8. The SMILES string of the molecule is c1ccc2c(c1)-c1c(cc3ccccc3c1-c1c3ccccc3c(-c3cccc4ccccc34)c3ccccc13)C21C2CC3CC(C2)CC1C3. The van der Waals surface area contributed by atoms with Crippen LogP contribution < -0.4 is 0 Å². The molecule has 0 atom stereocenters. The fraction of sp³-hybridized carbons (Fsp3) is 0.200. The lowest BCUT2D eigenvalue weighted by atomic mass is 9.43. The lowest BCUT2D eigenvalue weighted by Crippen LogP contribution is -2.55. The molecule has 13 rings (SSSR count). The molecule has 0 saturated heterocycles. The van der Waals surface area contributed by atoms with Gasteiger partial charge < -0.3 is 0 Å². The zero-order valence-electron chi connectivity index (χ0n) is 28.2. The molecule has 8 aromatic rings. The van der Waals surface area contributed by atoms with Gasteiger partial charge in [-0.25, -0.2) is 0 Å². The second kappa shape index (κ2) is 9.95. The average Bonchev–Trinajstić information content (AvgIpc) is 3.45. The summed E-state index contributed by atoms with van der Waals surface area (Å²) in [6.45, 7) is 0. The van der Waals surface area contributed by atoms with E-state index in [2.05, 4.69) is 146 Å². The van der Waals surface area contributed by atoms with E-state index in [4.69, 9.17) is 0 Å². The Bertz CT molecular complexity index is 2640. The fourth-order valence-corrected chi connectivity index (χ4v) is 12.4. The van der Waals surface area contributed by atoms with Crippen molar-refractivity contribution in [2.45, 2.75) is 37.5 Å². The molecule has 4 fully saturated rings. The fourth-order valence-electron chi connectivity index (χ4n) is 12.4. The summed E-state index contributed by atoms with van der Waals surface area (Å²) in [5, 5.41) is 10.7. The largest absolute Gasteiger partial charge is 0.0619 e. The molecule has 50 heavy (non-hydrogen) atoms. The average molecular weight is 639 g/mol. The van der Waals surface area contributed by atoms with Crippen molar-refractivity contribution in [2.75, 3.05) is 0 Å². The minimum Gasteiger partial charge on any atom is -0.0619 e. The second-order valence-electron chi connectivity index (χ2n) is 16.0. The van der Waals surface area contributed by atoms with Crippen molar-refractivity contribution in [3.63, 3.8) is 0 Å². The van der Waals surface area contributed by atoms with Crippen LogP contribution in [0.5, 0.6) is 0 Å². The molecule has 0 amide bonds. The Morgan fingerprint density at radius 2 is 0.840 bits per heavy atom. The maximum atomic E-state index is 2.66. The minimum absolute atomic E-state index is 0.118. The van der Waals surface area contributed by atoms with Crippen LogP contribution in [0.25, 0.3) is 76.5 Å². The Balaban J connectivity index is 1.26. The lowest BCUT2D eigenvalue weighted by Gasteiger charge is -2.61. The van der Waals surface area contributed by atoms with E-state index in [1.807, 2.05) is 0 Å². The van der Waals surface area contributed by atoms with Gasteiger partial charge in [0.25, 0.3) is 0 Å². The highest BCUT2D eigenvalue weighted by Crippen LogP contribution is 2.70. The van der Waals surface area contributed by atoms with Gasteiger partial charge in [0.05, 0.1) is 0 Å². The Labute approximate surface area is 293 Å². The smallest absolute Gasteiger partial charge is 0.0272 e. The van der Waals surface area contributed by atoms with Crippen LogP contribution in [-0.4, -0.2) is 0 Å². The summed E-state index contributed by atoms with van der Waals surface area (Å²) >= 11 is 0. The van der Waals surface area contributed by atoms with Crippen LogP contribution >= 0.6 is 0 Å². The first-order valence-electron chi connectivity index (χ1n) is 18.9. The minimum atomic E-state index is 0.118. The Hall–Kier alpha value is -5.20. The van der Waals surface area contributed by atoms with Crippen LogP contribution in [-0.2, 0) is 5.41 Å². The van der Waals surface area contributed by atoms with Crippen molar-refractivity contribution in [3.8, 4) is 33.4 Å². The summed E-state index contributed by atoms with van der Waals surface area (Å²) in [7, 11) is 0. The Morgan fingerprint density at radius 3 is 1.52 bits per heavy atom. The van der Waals surface area contributed by atoms with Gasteiger partial charge in [-0.05, 0) is 149 Å². The zero-order chi connectivity index (χ0) is 32.6. The lowest BCUT2D eigenvalue weighted by molar-refractivity contribution is -0.0398. The normalized spacial score (nSPS) is 24.5. The molecule has 4 bridgehead atoms. The van der Waals surface area contributed by atoms with Crippen LogP contribution in [0.15, 0.2) is 146 Å². The molecule has 5 aliphatic rings. The third-order valence-corrected chi connectivity index (χ3v) is 13.8. The van der Waals surface area contributed by atoms with E-state index in [9.17, 15) is 0 Å².